The van der Waals surface area contributed by atoms with Gasteiger partial charge in [0.2, 0.25) is 0 Å². The van der Waals surface area contributed by atoms with E-state index in [0.717, 1.165) is 6.20 Å². The summed E-state index contributed by atoms with van der Waals surface area (Å²) in [5.41, 5.74) is -3.05. The number of pyridine rings is 1. The molecule has 7 heteroatoms. The van der Waals surface area contributed by atoms with E-state index in [1.165, 1.54) is 0 Å². The molecule has 4 nitrogen and oxygen atoms in total. The molecule has 1 heterocycles. The maximum Gasteiger partial charge on any atom is 0.307 e. The lowest BCUT2D eigenvalue weighted by Gasteiger charge is -2.04. The summed E-state index contributed by atoms with van der Waals surface area (Å²) in [5, 5.41) is 8.34. The highest BCUT2D eigenvalue weighted by Crippen LogP contribution is 2.20. The molecular formula is C8H6F3NO3. The van der Waals surface area contributed by atoms with Crippen LogP contribution in [0.25, 0.3) is 0 Å². The first-order chi connectivity index (χ1) is 6.93. The first-order valence-electron chi connectivity index (χ1n) is 3.83. The number of hydrogen-bond acceptors (Lipinski definition) is 2. The van der Waals surface area contributed by atoms with Gasteiger partial charge in [0.25, 0.3) is 12.0 Å². The molecule has 0 spiro atoms. The fourth-order valence-corrected chi connectivity index (χ4v) is 1.05. The van der Waals surface area contributed by atoms with Crippen molar-refractivity contribution in [1.82, 2.24) is 4.98 Å². The van der Waals surface area contributed by atoms with Gasteiger partial charge in [-0.2, -0.15) is 0 Å². The summed E-state index contributed by atoms with van der Waals surface area (Å²) in [6.07, 6.45) is -3.26. The summed E-state index contributed by atoms with van der Waals surface area (Å²) >= 11 is 0. The highest BCUT2D eigenvalue weighted by atomic mass is 19.3. The van der Waals surface area contributed by atoms with Crippen LogP contribution < -0.4 is 5.56 Å². The molecule has 1 rings (SSSR count). The lowest BCUT2D eigenvalue weighted by Crippen LogP contribution is -2.18. The largest absolute Gasteiger partial charge is 0.481 e. The van der Waals surface area contributed by atoms with Crippen LogP contribution in [-0.4, -0.2) is 16.1 Å². The summed E-state index contributed by atoms with van der Waals surface area (Å²) < 4.78 is 37.6. The number of H-pyrrole nitrogens is 1. The Morgan fingerprint density at radius 1 is 1.53 bits per heavy atom. The maximum atomic E-state index is 13.2. The Morgan fingerprint density at radius 3 is 2.60 bits per heavy atom. The maximum absolute atomic E-state index is 13.2. The van der Waals surface area contributed by atoms with E-state index in [0.29, 0.717) is 0 Å². The lowest BCUT2D eigenvalue weighted by atomic mass is 10.1. The van der Waals surface area contributed by atoms with Crippen molar-refractivity contribution in [1.29, 1.82) is 0 Å². The fourth-order valence-electron chi connectivity index (χ4n) is 1.05. The number of aromatic amines is 1. The van der Waals surface area contributed by atoms with Crippen LogP contribution >= 0.6 is 0 Å². The molecule has 0 fully saturated rings. The average molecular weight is 221 g/mol. The molecule has 0 saturated heterocycles. The van der Waals surface area contributed by atoms with Crippen molar-refractivity contribution < 1.29 is 23.1 Å². The Kier molecular flexibility index (Phi) is 3.13. The van der Waals surface area contributed by atoms with Crippen molar-refractivity contribution in [3.8, 4) is 0 Å². The highest BCUT2D eigenvalue weighted by molar-refractivity contribution is 5.70. The van der Waals surface area contributed by atoms with Gasteiger partial charge >= 0.3 is 5.97 Å². The number of carboxylic acids is 1. The summed E-state index contributed by atoms with van der Waals surface area (Å²) in [6, 6.07) is 0. The SMILES string of the molecule is O=C(O)Cc1c[nH]c(=O)c(C(F)F)c1F. The third kappa shape index (κ3) is 2.36. The Balaban J connectivity index is 3.28. The Labute approximate surface area is 81.4 Å². The first-order valence-corrected chi connectivity index (χ1v) is 3.83. The van der Waals surface area contributed by atoms with Crippen molar-refractivity contribution in [3.05, 3.63) is 33.5 Å². The van der Waals surface area contributed by atoms with E-state index in [4.69, 9.17) is 5.11 Å². The molecule has 0 radical (unpaired) electrons. The summed E-state index contributed by atoms with van der Waals surface area (Å²) in [7, 11) is 0. The van der Waals surface area contributed by atoms with E-state index in [9.17, 15) is 22.8 Å². The van der Waals surface area contributed by atoms with Gasteiger partial charge in [0.05, 0.1) is 6.42 Å². The predicted molar refractivity (Wildman–Crippen MR) is 43.3 cm³/mol. The molecule has 82 valence electrons. The van der Waals surface area contributed by atoms with Crippen LogP contribution in [0.3, 0.4) is 0 Å². The molecule has 0 unspecified atom stereocenters. The van der Waals surface area contributed by atoms with Gasteiger partial charge in [0.1, 0.15) is 11.4 Å². The number of carboxylic acid groups (broad SMARTS) is 1. The standard InChI is InChI=1S/C8H6F3NO3/c9-6-3(1-4(13)14)2-12-8(15)5(6)7(10)11/h2,7H,1H2,(H,12,15)(H,13,14). The molecule has 1 aromatic heterocycles. The van der Waals surface area contributed by atoms with Crippen LogP contribution in [0.2, 0.25) is 0 Å². The van der Waals surface area contributed by atoms with Crippen molar-refractivity contribution in [2.75, 3.05) is 0 Å². The molecule has 0 aliphatic rings. The zero-order chi connectivity index (χ0) is 11.6. The molecule has 2 N–H and O–H groups in total. The molecule has 0 aliphatic carbocycles. The minimum atomic E-state index is -3.28. The molecule has 0 bridgehead atoms. The molecule has 0 saturated carbocycles. The third-order valence-corrected chi connectivity index (χ3v) is 1.70. The Bertz CT molecular complexity index is 441. The minimum absolute atomic E-state index is 0.475. The number of halogens is 3. The van der Waals surface area contributed by atoms with E-state index in [1.807, 2.05) is 4.98 Å². The molecule has 0 aliphatic heterocycles. The first kappa shape index (κ1) is 11.3. The second-order valence-corrected chi connectivity index (χ2v) is 2.74. The van der Waals surface area contributed by atoms with Gasteiger partial charge in [-0.1, -0.05) is 0 Å². The monoisotopic (exact) mass is 221 g/mol. The van der Waals surface area contributed by atoms with Crippen molar-refractivity contribution in [2.24, 2.45) is 0 Å². The van der Waals surface area contributed by atoms with E-state index in [1.54, 1.807) is 0 Å². The molecule has 0 atom stereocenters. The number of nitrogens with one attached hydrogen (secondary N) is 1. The van der Waals surface area contributed by atoms with E-state index in [2.05, 4.69) is 0 Å². The molecule has 0 aromatic carbocycles. The van der Waals surface area contributed by atoms with E-state index >= 15 is 0 Å². The molecule has 15 heavy (non-hydrogen) atoms. The summed E-state index contributed by atoms with van der Waals surface area (Å²) in [5.74, 6) is -2.84. The summed E-state index contributed by atoms with van der Waals surface area (Å²) in [4.78, 5) is 22.9. The highest BCUT2D eigenvalue weighted by Gasteiger charge is 2.21. The van der Waals surface area contributed by atoms with Crippen LogP contribution in [0.4, 0.5) is 13.2 Å². The summed E-state index contributed by atoms with van der Waals surface area (Å²) in [6.45, 7) is 0. The number of alkyl halides is 2. The van der Waals surface area contributed by atoms with Gasteiger partial charge in [-0.05, 0) is 0 Å². The normalized spacial score (nSPS) is 10.7. The molecule has 1 aromatic rings. The van der Waals surface area contributed by atoms with Crippen molar-refractivity contribution in [3.63, 3.8) is 0 Å². The van der Waals surface area contributed by atoms with Gasteiger partial charge < -0.3 is 10.1 Å². The van der Waals surface area contributed by atoms with E-state index < -0.39 is 41.3 Å². The fraction of sp³-hybridized carbons (Fsp3) is 0.250. The second kappa shape index (κ2) is 4.16. The third-order valence-electron chi connectivity index (χ3n) is 1.70. The van der Waals surface area contributed by atoms with Crippen LogP contribution in [-0.2, 0) is 11.2 Å². The number of carbonyl (C=O) groups is 1. The van der Waals surface area contributed by atoms with Crippen LogP contribution in [0, 0.1) is 5.82 Å². The Hall–Kier alpha value is -1.79. The minimum Gasteiger partial charge on any atom is -0.481 e. The zero-order valence-electron chi connectivity index (χ0n) is 7.26. The van der Waals surface area contributed by atoms with Gasteiger partial charge in [-0.3, -0.25) is 9.59 Å². The number of hydrogen-bond donors (Lipinski definition) is 2. The smallest absolute Gasteiger partial charge is 0.307 e. The molecular weight excluding hydrogens is 215 g/mol. The molecule has 0 amide bonds. The van der Waals surface area contributed by atoms with Crippen molar-refractivity contribution in [2.45, 2.75) is 12.8 Å². The van der Waals surface area contributed by atoms with Gasteiger partial charge in [-0.15, -0.1) is 0 Å². The number of aliphatic carboxylic acids is 1. The van der Waals surface area contributed by atoms with Crippen LogP contribution in [0.15, 0.2) is 11.0 Å². The van der Waals surface area contributed by atoms with Crippen LogP contribution in [0.1, 0.15) is 17.6 Å². The van der Waals surface area contributed by atoms with Crippen LogP contribution in [0.5, 0.6) is 0 Å². The quantitative estimate of drug-likeness (QED) is 0.802. The zero-order valence-corrected chi connectivity index (χ0v) is 7.26. The van der Waals surface area contributed by atoms with Gasteiger partial charge in [0, 0.05) is 11.8 Å². The predicted octanol–water partition coefficient (Wildman–Crippen LogP) is 1.08. The van der Waals surface area contributed by atoms with E-state index in [-0.39, 0.29) is 0 Å². The Morgan fingerprint density at radius 2 is 2.13 bits per heavy atom. The topological polar surface area (TPSA) is 70.2 Å². The average Bonchev–Trinajstić information content (AvgIpc) is 2.09. The second-order valence-electron chi connectivity index (χ2n) is 2.74. The lowest BCUT2D eigenvalue weighted by molar-refractivity contribution is -0.136. The van der Waals surface area contributed by atoms with Gasteiger partial charge in [-0.25, -0.2) is 13.2 Å². The van der Waals surface area contributed by atoms with Gasteiger partial charge in [0.15, 0.2) is 0 Å². The number of rotatable bonds is 3. The number of aromatic nitrogens is 1. The van der Waals surface area contributed by atoms with Crippen molar-refractivity contribution >= 4 is 5.97 Å².